The molecule has 2 fully saturated rings. The van der Waals surface area contributed by atoms with Gasteiger partial charge in [-0.2, -0.15) is 0 Å². The van der Waals surface area contributed by atoms with Crippen LogP contribution in [0.15, 0.2) is 78.6 Å². The Morgan fingerprint density at radius 1 is 1.05 bits per heavy atom. The van der Waals surface area contributed by atoms with Crippen LogP contribution in [0, 0.1) is 5.92 Å². The average molecular weight is 584 g/mol. The molecule has 0 spiro atoms. The Balaban J connectivity index is 1.30. The maximum absolute atomic E-state index is 14.4. The van der Waals surface area contributed by atoms with E-state index in [1.165, 1.54) is 12.0 Å². The Kier molecular flexibility index (Phi) is 8.84. The maximum Gasteiger partial charge on any atom is 0.275 e. The molecular formula is C34H41N5O2S. The van der Waals surface area contributed by atoms with Gasteiger partial charge in [-0.05, 0) is 38.7 Å². The average Bonchev–Trinajstić information content (AvgIpc) is 3.73. The molecule has 1 saturated carbocycles. The van der Waals surface area contributed by atoms with Crippen LogP contribution in [-0.4, -0.2) is 57.6 Å². The second kappa shape index (κ2) is 12.9. The number of carbonyl (C=O) groups excluding carboxylic acids is 1. The Hall–Kier alpha value is -3.33. The number of rotatable bonds is 9. The molecule has 1 N–H and O–H groups in total. The lowest BCUT2D eigenvalue weighted by Gasteiger charge is -2.37. The minimum atomic E-state index is -0.440. The molecule has 6 rings (SSSR count). The van der Waals surface area contributed by atoms with Gasteiger partial charge in [0, 0.05) is 54.8 Å². The number of amides is 1. The van der Waals surface area contributed by atoms with Gasteiger partial charge in [-0.3, -0.25) is 4.79 Å². The van der Waals surface area contributed by atoms with Crippen LogP contribution >= 0.6 is 11.3 Å². The summed E-state index contributed by atoms with van der Waals surface area (Å²) in [5.74, 6) is 0.339. The number of carbonyl (C=O) groups is 1. The van der Waals surface area contributed by atoms with Crippen LogP contribution in [0.1, 0.15) is 66.6 Å². The highest BCUT2D eigenvalue weighted by molar-refractivity contribution is 7.09. The first kappa shape index (κ1) is 28.8. The van der Waals surface area contributed by atoms with E-state index in [9.17, 15) is 4.79 Å². The zero-order valence-electron chi connectivity index (χ0n) is 24.6. The Morgan fingerprint density at radius 2 is 1.81 bits per heavy atom. The molecule has 3 atom stereocenters. The third-order valence-electron chi connectivity index (χ3n) is 8.80. The predicted octanol–water partition coefficient (Wildman–Crippen LogP) is 6.35. The molecule has 4 aromatic rings. The van der Waals surface area contributed by atoms with Crippen LogP contribution in [0.5, 0.6) is 0 Å². The fraction of sp³-hybridized carbons (Fsp3) is 0.441. The predicted molar refractivity (Wildman–Crippen MR) is 168 cm³/mol. The largest absolute Gasteiger partial charge is 0.368 e. The van der Waals surface area contributed by atoms with Gasteiger partial charge in [0.15, 0.2) is 5.69 Å². The quantitative estimate of drug-likeness (QED) is 0.249. The van der Waals surface area contributed by atoms with Crippen molar-refractivity contribution >= 4 is 17.2 Å². The molecule has 2 aromatic heterocycles. The van der Waals surface area contributed by atoms with Crippen LogP contribution in [0.25, 0.3) is 11.3 Å². The molecular weight excluding hydrogens is 542 g/mol. The molecule has 1 unspecified atom stereocenters. The van der Waals surface area contributed by atoms with Gasteiger partial charge in [-0.25, -0.2) is 9.97 Å². The van der Waals surface area contributed by atoms with Gasteiger partial charge in [0.1, 0.15) is 10.6 Å². The fourth-order valence-electron chi connectivity index (χ4n) is 6.53. The molecule has 220 valence electrons. The minimum Gasteiger partial charge on any atom is -0.368 e. The van der Waals surface area contributed by atoms with Crippen LogP contribution in [0.4, 0.5) is 0 Å². The molecule has 42 heavy (non-hydrogen) atoms. The summed E-state index contributed by atoms with van der Waals surface area (Å²) < 4.78 is 8.86. The number of imidazole rings is 1. The maximum atomic E-state index is 14.4. The van der Waals surface area contributed by atoms with Crippen LogP contribution in [0.3, 0.4) is 0 Å². The highest BCUT2D eigenvalue weighted by Crippen LogP contribution is 2.40. The standard InChI is InChI=1S/C34H41N5O2S/c1-34(2,33-36-18-20-42-33)41-23-27-15-9-10-16-29(27)39-24-37-30(31(39)26-13-7-4-8-14-26)32(40)38-19-17-35-22-28(38)21-25-11-5-3-6-12-25/h3-8,11-14,18,20,24,27-29,35H,9-10,15-17,19,21-23H2,1-2H3/t27-,28+,29?/m0/s1. The summed E-state index contributed by atoms with van der Waals surface area (Å²) in [6.07, 6.45) is 9.05. The van der Waals surface area contributed by atoms with Gasteiger partial charge in [-0.1, -0.05) is 73.5 Å². The van der Waals surface area contributed by atoms with Crippen molar-refractivity contribution in [1.29, 1.82) is 0 Å². The van der Waals surface area contributed by atoms with Gasteiger partial charge in [0.2, 0.25) is 0 Å². The highest BCUT2D eigenvalue weighted by atomic mass is 32.1. The van der Waals surface area contributed by atoms with Gasteiger partial charge >= 0.3 is 0 Å². The lowest BCUT2D eigenvalue weighted by Crippen LogP contribution is -2.54. The molecule has 1 amide bonds. The minimum absolute atomic E-state index is 0.0172. The van der Waals surface area contributed by atoms with Gasteiger partial charge in [-0.15, -0.1) is 11.3 Å². The number of hydrogen-bond donors (Lipinski definition) is 1. The van der Waals surface area contributed by atoms with Crippen molar-refractivity contribution in [3.05, 3.63) is 94.8 Å². The van der Waals surface area contributed by atoms with E-state index in [-0.39, 0.29) is 18.0 Å². The number of piperazine rings is 1. The van der Waals surface area contributed by atoms with Gasteiger partial charge in [0.05, 0.1) is 18.6 Å². The Bertz CT molecular complexity index is 1440. The first-order valence-corrected chi connectivity index (χ1v) is 16.1. The van der Waals surface area contributed by atoms with E-state index in [1.54, 1.807) is 11.3 Å². The van der Waals surface area contributed by atoms with Crippen molar-refractivity contribution in [2.75, 3.05) is 26.2 Å². The molecule has 2 aromatic carbocycles. The lowest BCUT2D eigenvalue weighted by molar-refractivity contribution is -0.0532. The SMILES string of the molecule is CC(C)(OC[C@@H]1CCCCC1n1cnc(C(=O)N2CCNC[C@H]2Cc2ccccc2)c1-c1ccccc1)c1nccs1. The van der Waals surface area contributed by atoms with Crippen molar-refractivity contribution in [2.45, 2.75) is 63.6 Å². The summed E-state index contributed by atoms with van der Waals surface area (Å²) in [5, 5.41) is 6.50. The number of hydrogen-bond acceptors (Lipinski definition) is 6. The van der Waals surface area contributed by atoms with E-state index in [1.807, 2.05) is 47.1 Å². The lowest BCUT2D eigenvalue weighted by atomic mass is 9.84. The van der Waals surface area contributed by atoms with Crippen LogP contribution in [0.2, 0.25) is 0 Å². The Labute approximate surface area is 253 Å². The zero-order valence-corrected chi connectivity index (χ0v) is 25.4. The van der Waals surface area contributed by atoms with E-state index in [4.69, 9.17) is 9.72 Å². The number of nitrogens with zero attached hydrogens (tertiary/aromatic N) is 4. The van der Waals surface area contributed by atoms with Gasteiger partial charge in [0.25, 0.3) is 5.91 Å². The van der Waals surface area contributed by atoms with Crippen molar-refractivity contribution in [3.63, 3.8) is 0 Å². The first-order valence-electron chi connectivity index (χ1n) is 15.2. The summed E-state index contributed by atoms with van der Waals surface area (Å²) >= 11 is 1.64. The Morgan fingerprint density at radius 3 is 2.57 bits per heavy atom. The normalized spacial score (nSPS) is 21.4. The molecule has 0 radical (unpaired) electrons. The van der Waals surface area contributed by atoms with Crippen molar-refractivity contribution in [3.8, 4) is 11.3 Å². The van der Waals surface area contributed by atoms with E-state index in [0.717, 1.165) is 55.0 Å². The second-order valence-electron chi connectivity index (χ2n) is 12.0. The van der Waals surface area contributed by atoms with E-state index < -0.39 is 5.60 Å². The summed E-state index contributed by atoms with van der Waals surface area (Å²) in [5.41, 5.74) is 3.30. The number of ether oxygens (including phenoxy) is 1. The zero-order chi connectivity index (χ0) is 28.9. The molecule has 1 aliphatic carbocycles. The molecule has 1 saturated heterocycles. The molecule has 3 heterocycles. The number of aromatic nitrogens is 3. The number of thiazole rings is 1. The van der Waals surface area contributed by atoms with Crippen molar-refractivity contribution in [2.24, 2.45) is 5.92 Å². The molecule has 2 aliphatic rings. The van der Waals surface area contributed by atoms with Gasteiger partial charge < -0.3 is 19.5 Å². The second-order valence-corrected chi connectivity index (χ2v) is 12.9. The first-order chi connectivity index (χ1) is 20.5. The molecule has 1 aliphatic heterocycles. The number of nitrogens with one attached hydrogen (secondary N) is 1. The smallest absolute Gasteiger partial charge is 0.275 e. The molecule has 7 nitrogen and oxygen atoms in total. The van der Waals surface area contributed by atoms with E-state index in [0.29, 0.717) is 24.8 Å². The fourth-order valence-corrected chi connectivity index (χ4v) is 7.25. The summed E-state index contributed by atoms with van der Waals surface area (Å²) in [7, 11) is 0. The van der Waals surface area contributed by atoms with Crippen LogP contribution < -0.4 is 5.32 Å². The highest BCUT2D eigenvalue weighted by Gasteiger charge is 2.36. The summed E-state index contributed by atoms with van der Waals surface area (Å²) in [6.45, 7) is 7.08. The monoisotopic (exact) mass is 583 g/mol. The number of benzene rings is 2. The van der Waals surface area contributed by atoms with Crippen molar-refractivity contribution < 1.29 is 9.53 Å². The summed E-state index contributed by atoms with van der Waals surface area (Å²) in [6, 6.07) is 21.0. The van der Waals surface area contributed by atoms with E-state index in [2.05, 4.69) is 65.1 Å². The van der Waals surface area contributed by atoms with E-state index >= 15 is 0 Å². The third-order valence-corrected chi connectivity index (χ3v) is 9.88. The topological polar surface area (TPSA) is 72.3 Å². The third kappa shape index (κ3) is 6.21. The molecule has 8 heteroatoms. The van der Waals surface area contributed by atoms with Crippen molar-refractivity contribution in [1.82, 2.24) is 24.8 Å². The summed E-state index contributed by atoms with van der Waals surface area (Å²) in [4.78, 5) is 25.8. The van der Waals surface area contributed by atoms with Crippen LogP contribution in [-0.2, 0) is 16.8 Å². The molecule has 0 bridgehead atoms.